The van der Waals surface area contributed by atoms with Crippen LogP contribution in [0.25, 0.3) is 0 Å². The first kappa shape index (κ1) is 6.85. The summed E-state index contributed by atoms with van der Waals surface area (Å²) in [6.07, 6.45) is 0.330. The van der Waals surface area contributed by atoms with Gasteiger partial charge in [-0.3, -0.25) is 5.21 Å². The molecule has 0 aliphatic carbocycles. The summed E-state index contributed by atoms with van der Waals surface area (Å²) in [5.74, 6) is -0.618. The predicted molar refractivity (Wildman–Crippen MR) is 31.2 cm³/mol. The van der Waals surface area contributed by atoms with Gasteiger partial charge < -0.3 is 9.57 Å². The van der Waals surface area contributed by atoms with E-state index in [1.54, 1.807) is 0 Å². The van der Waals surface area contributed by atoms with Gasteiger partial charge in [-0.25, -0.2) is 4.79 Å². The summed E-state index contributed by atoms with van der Waals surface area (Å²) >= 11 is 0. The van der Waals surface area contributed by atoms with Crippen molar-refractivity contribution in [3.8, 4) is 0 Å². The standard InChI is InChI=1S/C5H7NO4/c1-9-5(7)4-2-3-10-6(4)8/h2-3H2,1H3. The monoisotopic (exact) mass is 145 g/mol. The molecule has 0 amide bonds. The molecule has 0 N–H and O–H groups in total. The number of hydrogen-bond acceptors (Lipinski definition) is 4. The van der Waals surface area contributed by atoms with Gasteiger partial charge in [0.25, 0.3) is 0 Å². The number of rotatable bonds is 1. The van der Waals surface area contributed by atoms with Crippen LogP contribution in [0.1, 0.15) is 6.42 Å². The number of carbonyl (C=O) groups excluding carboxylic acids is 1. The van der Waals surface area contributed by atoms with Crippen molar-refractivity contribution in [1.82, 2.24) is 0 Å². The molecular formula is C5H7NO4. The quantitative estimate of drug-likeness (QED) is 0.366. The van der Waals surface area contributed by atoms with Crippen molar-refractivity contribution in [2.24, 2.45) is 0 Å². The summed E-state index contributed by atoms with van der Waals surface area (Å²) in [6.45, 7) is 0.258. The first-order valence-electron chi connectivity index (χ1n) is 2.80. The number of esters is 1. The van der Waals surface area contributed by atoms with E-state index in [0.29, 0.717) is 6.42 Å². The van der Waals surface area contributed by atoms with Gasteiger partial charge in [-0.1, -0.05) is 0 Å². The second-order valence-corrected chi connectivity index (χ2v) is 1.78. The first-order valence-corrected chi connectivity index (χ1v) is 2.80. The summed E-state index contributed by atoms with van der Waals surface area (Å²) in [5.41, 5.74) is 0.0301. The Morgan fingerprint density at radius 2 is 2.60 bits per heavy atom. The molecule has 1 heterocycles. The van der Waals surface area contributed by atoms with Crippen LogP contribution in [0, 0.1) is 5.21 Å². The minimum absolute atomic E-state index is 0.0301. The minimum atomic E-state index is -0.618. The first-order chi connectivity index (χ1) is 4.75. The second-order valence-electron chi connectivity index (χ2n) is 1.78. The molecule has 0 atom stereocenters. The van der Waals surface area contributed by atoms with E-state index < -0.39 is 5.97 Å². The maximum atomic E-state index is 10.6. The highest BCUT2D eigenvalue weighted by Crippen LogP contribution is 2.00. The van der Waals surface area contributed by atoms with Gasteiger partial charge in [0.1, 0.15) is 0 Å². The average Bonchev–Trinajstić information content (AvgIpc) is 2.34. The van der Waals surface area contributed by atoms with E-state index in [1.807, 2.05) is 0 Å². The van der Waals surface area contributed by atoms with Crippen LogP contribution in [-0.4, -0.2) is 30.3 Å². The maximum Gasteiger partial charge on any atom is 0.404 e. The Morgan fingerprint density at radius 3 is 3.00 bits per heavy atom. The fourth-order valence-electron chi connectivity index (χ4n) is 0.689. The lowest BCUT2D eigenvalue weighted by atomic mass is 10.3. The third kappa shape index (κ3) is 1.02. The molecule has 0 aromatic carbocycles. The Balaban J connectivity index is 2.71. The normalized spacial score (nSPS) is 16.9. The van der Waals surface area contributed by atoms with E-state index in [9.17, 15) is 10.0 Å². The van der Waals surface area contributed by atoms with Gasteiger partial charge in [-0.05, 0) is 0 Å². The van der Waals surface area contributed by atoms with Crippen molar-refractivity contribution in [3.63, 3.8) is 0 Å². The molecule has 10 heavy (non-hydrogen) atoms. The average molecular weight is 145 g/mol. The van der Waals surface area contributed by atoms with Crippen molar-refractivity contribution in [3.05, 3.63) is 5.21 Å². The van der Waals surface area contributed by atoms with Crippen LogP contribution in [0.2, 0.25) is 0 Å². The van der Waals surface area contributed by atoms with E-state index in [0.717, 1.165) is 0 Å². The molecule has 5 nitrogen and oxygen atoms in total. The summed E-state index contributed by atoms with van der Waals surface area (Å²) in [6, 6.07) is 0. The van der Waals surface area contributed by atoms with Gasteiger partial charge in [-0.15, -0.1) is 0 Å². The molecule has 0 saturated carbocycles. The van der Waals surface area contributed by atoms with Gasteiger partial charge in [0.15, 0.2) is 0 Å². The molecule has 0 unspecified atom stereocenters. The Bertz CT molecular complexity index is 186. The van der Waals surface area contributed by atoms with Crippen LogP contribution in [0.4, 0.5) is 0 Å². The van der Waals surface area contributed by atoms with Crippen LogP contribution in [0.3, 0.4) is 0 Å². The molecule has 1 aliphatic heterocycles. The molecule has 0 aromatic heterocycles. The third-order valence-corrected chi connectivity index (χ3v) is 1.19. The molecule has 5 heteroatoms. The zero-order valence-corrected chi connectivity index (χ0v) is 5.49. The van der Waals surface area contributed by atoms with E-state index in [4.69, 9.17) is 0 Å². The second kappa shape index (κ2) is 2.55. The number of hydrogen-bond donors (Lipinski definition) is 0. The largest absolute Gasteiger partial charge is 0.461 e. The lowest BCUT2D eigenvalue weighted by Crippen LogP contribution is -2.19. The molecule has 0 aromatic rings. The van der Waals surface area contributed by atoms with Crippen molar-refractivity contribution in [2.75, 3.05) is 13.7 Å². The van der Waals surface area contributed by atoms with Crippen molar-refractivity contribution in [1.29, 1.82) is 0 Å². The van der Waals surface area contributed by atoms with E-state index in [-0.39, 0.29) is 17.2 Å². The van der Waals surface area contributed by atoms with Gasteiger partial charge in [0, 0.05) is 4.90 Å². The van der Waals surface area contributed by atoms with Gasteiger partial charge in [0.05, 0.1) is 20.1 Å². The number of nitrogens with zero attached hydrogens (tertiary/aromatic N) is 1. The number of carbonyl (C=O) groups is 1. The van der Waals surface area contributed by atoms with E-state index in [1.165, 1.54) is 7.11 Å². The molecular weight excluding hydrogens is 138 g/mol. The molecule has 1 aliphatic rings. The molecule has 1 rings (SSSR count). The molecule has 56 valence electrons. The van der Waals surface area contributed by atoms with Crippen molar-refractivity contribution < 1.29 is 19.3 Å². The van der Waals surface area contributed by atoms with Crippen molar-refractivity contribution >= 4 is 11.7 Å². The molecule has 0 saturated heterocycles. The lowest BCUT2D eigenvalue weighted by Gasteiger charge is -1.93. The highest BCUT2D eigenvalue weighted by atomic mass is 16.9. The fraction of sp³-hybridized carbons (Fsp3) is 0.600. The van der Waals surface area contributed by atoms with Crippen LogP contribution in [0.5, 0.6) is 0 Å². The zero-order chi connectivity index (χ0) is 7.56. The summed E-state index contributed by atoms with van der Waals surface area (Å²) < 4.78 is 4.31. The molecule has 0 bridgehead atoms. The summed E-state index contributed by atoms with van der Waals surface area (Å²) in [7, 11) is 1.22. The predicted octanol–water partition coefficient (Wildman–Crippen LogP) is -0.554. The Hall–Kier alpha value is -1.26. The Kier molecular flexibility index (Phi) is 1.75. The van der Waals surface area contributed by atoms with Crippen LogP contribution in [0.15, 0.2) is 0 Å². The SMILES string of the molecule is COC(=O)C1=[N+]([O-])OCC1. The summed E-state index contributed by atoms with van der Waals surface area (Å²) in [4.78, 5) is 15.3. The molecule has 0 fully saturated rings. The highest BCUT2D eigenvalue weighted by molar-refractivity contribution is 6.34. The third-order valence-electron chi connectivity index (χ3n) is 1.19. The molecule has 0 radical (unpaired) electrons. The minimum Gasteiger partial charge on any atom is -0.461 e. The van der Waals surface area contributed by atoms with Gasteiger partial charge in [0.2, 0.25) is 0 Å². The fourth-order valence-corrected chi connectivity index (χ4v) is 0.689. The van der Waals surface area contributed by atoms with E-state index in [2.05, 4.69) is 9.57 Å². The maximum absolute atomic E-state index is 10.6. The zero-order valence-electron chi connectivity index (χ0n) is 5.49. The Labute approximate surface area is 57.4 Å². The van der Waals surface area contributed by atoms with Crippen LogP contribution in [-0.2, 0) is 14.4 Å². The smallest absolute Gasteiger partial charge is 0.404 e. The Morgan fingerprint density at radius 1 is 1.90 bits per heavy atom. The highest BCUT2D eigenvalue weighted by Gasteiger charge is 2.27. The van der Waals surface area contributed by atoms with E-state index >= 15 is 0 Å². The summed E-state index contributed by atoms with van der Waals surface area (Å²) in [5, 5.41) is 10.5. The number of methoxy groups -OCH3 is 1. The number of ether oxygens (including phenoxy) is 1. The molecule has 0 spiro atoms. The van der Waals surface area contributed by atoms with Gasteiger partial charge in [-0.2, -0.15) is 0 Å². The van der Waals surface area contributed by atoms with Gasteiger partial charge >= 0.3 is 11.7 Å². The van der Waals surface area contributed by atoms with Crippen LogP contribution >= 0.6 is 0 Å². The topological polar surface area (TPSA) is 61.6 Å². The lowest BCUT2D eigenvalue weighted by molar-refractivity contribution is -0.730. The van der Waals surface area contributed by atoms with Crippen LogP contribution < -0.4 is 0 Å². The van der Waals surface area contributed by atoms with Crippen molar-refractivity contribution in [2.45, 2.75) is 6.42 Å².